The predicted molar refractivity (Wildman–Crippen MR) is 86.7 cm³/mol. The molecule has 0 atom stereocenters. The Balaban J connectivity index is 2.24. The van der Waals surface area contributed by atoms with Gasteiger partial charge in [-0.2, -0.15) is 0 Å². The maximum Gasteiger partial charge on any atom is 0.0599 e. The zero-order valence-corrected chi connectivity index (χ0v) is 12.7. The fraction of sp³-hybridized carbons (Fsp3) is 0.647. The van der Waals surface area contributed by atoms with Crippen LogP contribution in [0.4, 0.5) is 11.4 Å². The van der Waals surface area contributed by atoms with E-state index in [1.165, 1.54) is 50.6 Å². The van der Waals surface area contributed by atoms with Crippen LogP contribution in [0.25, 0.3) is 0 Å². The number of nitrogen functional groups attached to an aromatic ring is 1. The van der Waals surface area contributed by atoms with Crippen LogP contribution in [-0.2, 0) is 0 Å². The second kappa shape index (κ2) is 9.71. The fourth-order valence-corrected chi connectivity index (χ4v) is 2.48. The molecule has 2 nitrogen and oxygen atoms in total. The number of nitrogens with two attached hydrogens (primary N) is 1. The van der Waals surface area contributed by atoms with Gasteiger partial charge in [-0.3, -0.25) is 0 Å². The number of benzene rings is 1. The summed E-state index contributed by atoms with van der Waals surface area (Å²) in [5.41, 5.74) is 8.13. The van der Waals surface area contributed by atoms with Gasteiger partial charge in [0.25, 0.3) is 0 Å². The second-order valence-corrected chi connectivity index (χ2v) is 5.26. The molecule has 108 valence electrons. The largest absolute Gasteiger partial charge is 0.397 e. The molecule has 0 radical (unpaired) electrons. The molecule has 0 fully saturated rings. The van der Waals surface area contributed by atoms with Crippen molar-refractivity contribution in [1.29, 1.82) is 0 Å². The van der Waals surface area contributed by atoms with Gasteiger partial charge in [0, 0.05) is 13.1 Å². The van der Waals surface area contributed by atoms with Gasteiger partial charge in [-0.1, -0.05) is 57.6 Å². The normalized spacial score (nSPS) is 10.6. The minimum Gasteiger partial charge on any atom is -0.397 e. The fourth-order valence-electron chi connectivity index (χ4n) is 2.48. The average Bonchev–Trinajstić information content (AvgIpc) is 2.43. The molecule has 2 heteroatoms. The van der Waals surface area contributed by atoms with E-state index >= 15 is 0 Å². The van der Waals surface area contributed by atoms with Gasteiger partial charge in [-0.25, -0.2) is 0 Å². The van der Waals surface area contributed by atoms with Crippen LogP contribution >= 0.6 is 0 Å². The van der Waals surface area contributed by atoms with E-state index in [9.17, 15) is 0 Å². The van der Waals surface area contributed by atoms with Gasteiger partial charge in [-0.05, 0) is 25.5 Å². The highest BCUT2D eigenvalue weighted by Gasteiger charge is 2.06. The molecule has 1 aromatic rings. The highest BCUT2D eigenvalue weighted by Crippen LogP contribution is 2.22. The van der Waals surface area contributed by atoms with Gasteiger partial charge in [0.1, 0.15) is 0 Å². The summed E-state index contributed by atoms with van der Waals surface area (Å²) in [6, 6.07) is 8.18. The van der Waals surface area contributed by atoms with Crippen LogP contribution in [-0.4, -0.2) is 13.1 Å². The summed E-state index contributed by atoms with van der Waals surface area (Å²) in [5, 5.41) is 0. The van der Waals surface area contributed by atoms with E-state index in [1.807, 2.05) is 12.1 Å². The van der Waals surface area contributed by atoms with Crippen LogP contribution in [0.15, 0.2) is 24.3 Å². The lowest BCUT2D eigenvalue weighted by Crippen LogP contribution is -2.24. The molecule has 19 heavy (non-hydrogen) atoms. The Morgan fingerprint density at radius 2 is 1.53 bits per heavy atom. The van der Waals surface area contributed by atoms with Crippen LogP contribution in [0.1, 0.15) is 58.8 Å². The van der Waals surface area contributed by atoms with Crippen LogP contribution in [0, 0.1) is 0 Å². The monoisotopic (exact) mass is 262 g/mol. The van der Waals surface area contributed by atoms with E-state index in [2.05, 4.69) is 30.9 Å². The van der Waals surface area contributed by atoms with Crippen molar-refractivity contribution in [3.63, 3.8) is 0 Å². The number of hydrogen-bond acceptors (Lipinski definition) is 2. The summed E-state index contributed by atoms with van der Waals surface area (Å²) < 4.78 is 0. The van der Waals surface area contributed by atoms with Crippen LogP contribution in [0.5, 0.6) is 0 Å². The quantitative estimate of drug-likeness (QED) is 0.482. The molecule has 0 saturated carbocycles. The van der Waals surface area contributed by atoms with Crippen LogP contribution in [0.2, 0.25) is 0 Å². The molecular formula is C17H30N2. The van der Waals surface area contributed by atoms with Gasteiger partial charge < -0.3 is 10.6 Å². The summed E-state index contributed by atoms with van der Waals surface area (Å²) in [7, 11) is 0. The van der Waals surface area contributed by atoms with Crippen molar-refractivity contribution in [2.75, 3.05) is 23.7 Å². The second-order valence-electron chi connectivity index (χ2n) is 5.26. The van der Waals surface area contributed by atoms with Crippen molar-refractivity contribution in [1.82, 2.24) is 0 Å². The third-order valence-electron chi connectivity index (χ3n) is 3.69. The van der Waals surface area contributed by atoms with Crippen molar-refractivity contribution in [2.24, 2.45) is 0 Å². The van der Waals surface area contributed by atoms with E-state index < -0.39 is 0 Å². The Kier molecular flexibility index (Phi) is 8.11. The number of para-hydroxylation sites is 2. The first kappa shape index (κ1) is 15.9. The first-order valence-electron chi connectivity index (χ1n) is 7.89. The summed E-state index contributed by atoms with van der Waals surface area (Å²) in [6.45, 7) is 6.62. The van der Waals surface area contributed by atoms with E-state index in [0.29, 0.717) is 0 Å². The Bertz CT molecular complexity index is 336. The highest BCUT2D eigenvalue weighted by molar-refractivity contribution is 5.67. The first-order valence-corrected chi connectivity index (χ1v) is 7.89. The molecular weight excluding hydrogens is 232 g/mol. The van der Waals surface area contributed by atoms with E-state index in [1.54, 1.807) is 0 Å². The number of nitrogens with zero attached hydrogens (tertiary/aromatic N) is 1. The molecule has 0 amide bonds. The average molecular weight is 262 g/mol. The smallest absolute Gasteiger partial charge is 0.0599 e. The Morgan fingerprint density at radius 1 is 0.895 bits per heavy atom. The minimum atomic E-state index is 0.896. The lowest BCUT2D eigenvalue weighted by atomic mass is 10.1. The number of unbranched alkanes of at least 4 members (excludes halogenated alkanes) is 6. The third kappa shape index (κ3) is 6.00. The van der Waals surface area contributed by atoms with Crippen molar-refractivity contribution < 1.29 is 0 Å². The van der Waals surface area contributed by atoms with Gasteiger partial charge in [0.2, 0.25) is 0 Å². The predicted octanol–water partition coefficient (Wildman–Crippen LogP) is 4.85. The molecule has 1 rings (SSSR count). The molecule has 0 unspecified atom stereocenters. The molecule has 0 spiro atoms. The zero-order chi connectivity index (χ0) is 13.9. The van der Waals surface area contributed by atoms with Crippen molar-refractivity contribution in [2.45, 2.75) is 58.8 Å². The van der Waals surface area contributed by atoms with Crippen LogP contribution < -0.4 is 10.6 Å². The number of rotatable bonds is 10. The van der Waals surface area contributed by atoms with Crippen molar-refractivity contribution in [3.8, 4) is 0 Å². The summed E-state index contributed by atoms with van der Waals surface area (Å²) in [6.07, 6.45) is 9.51. The molecule has 0 aliphatic rings. The molecule has 0 saturated heterocycles. The Labute approximate surface area is 119 Å². The van der Waals surface area contributed by atoms with E-state index in [0.717, 1.165) is 18.8 Å². The lowest BCUT2D eigenvalue weighted by molar-refractivity contribution is 0.585. The molecule has 0 bridgehead atoms. The minimum absolute atomic E-state index is 0.896. The summed E-state index contributed by atoms with van der Waals surface area (Å²) in [5.74, 6) is 0. The maximum absolute atomic E-state index is 6.04. The number of anilines is 2. The van der Waals surface area contributed by atoms with Crippen molar-refractivity contribution in [3.05, 3.63) is 24.3 Å². The zero-order valence-electron chi connectivity index (χ0n) is 12.7. The summed E-state index contributed by atoms with van der Waals surface area (Å²) in [4.78, 5) is 2.39. The third-order valence-corrected chi connectivity index (χ3v) is 3.69. The first-order chi connectivity index (χ1) is 9.29. The van der Waals surface area contributed by atoms with Gasteiger partial charge in [0.05, 0.1) is 11.4 Å². The molecule has 0 aliphatic carbocycles. The SMILES string of the molecule is CCCCCCCCCN(CC)c1ccccc1N. The molecule has 1 aromatic carbocycles. The van der Waals surface area contributed by atoms with Gasteiger partial charge >= 0.3 is 0 Å². The van der Waals surface area contributed by atoms with Crippen LogP contribution in [0.3, 0.4) is 0 Å². The Hall–Kier alpha value is -1.18. The van der Waals surface area contributed by atoms with Gasteiger partial charge in [-0.15, -0.1) is 0 Å². The maximum atomic E-state index is 6.04. The summed E-state index contributed by atoms with van der Waals surface area (Å²) >= 11 is 0. The van der Waals surface area contributed by atoms with E-state index in [-0.39, 0.29) is 0 Å². The molecule has 0 aromatic heterocycles. The van der Waals surface area contributed by atoms with Gasteiger partial charge in [0.15, 0.2) is 0 Å². The molecule has 2 N–H and O–H groups in total. The van der Waals surface area contributed by atoms with Crippen molar-refractivity contribution >= 4 is 11.4 Å². The lowest BCUT2D eigenvalue weighted by Gasteiger charge is -2.24. The standard InChI is InChI=1S/C17H30N2/c1-3-5-6-7-8-9-12-15-19(4-2)17-14-11-10-13-16(17)18/h10-11,13-14H,3-9,12,15,18H2,1-2H3. The highest BCUT2D eigenvalue weighted by atomic mass is 15.1. The molecule has 0 aliphatic heterocycles. The van der Waals surface area contributed by atoms with E-state index in [4.69, 9.17) is 5.73 Å². The topological polar surface area (TPSA) is 29.3 Å². The Morgan fingerprint density at radius 3 is 2.16 bits per heavy atom. The number of hydrogen-bond donors (Lipinski definition) is 1. The molecule has 0 heterocycles.